The van der Waals surface area contributed by atoms with Crippen molar-refractivity contribution >= 4 is 168 Å². The molecule has 4 aliphatic rings. The Morgan fingerprint density at radius 2 is 0.960 bits per heavy atom. The topological polar surface area (TPSA) is 455 Å². The Hall–Kier alpha value is -10.1. The van der Waals surface area contributed by atoms with Gasteiger partial charge in [-0.1, -0.05) is 34.4 Å². The van der Waals surface area contributed by atoms with E-state index in [0.29, 0.717) is 121 Å². The predicted molar refractivity (Wildman–Crippen MR) is 373 cm³/mol. The summed E-state index contributed by atoms with van der Waals surface area (Å²) >= 11 is 2.84. The fourth-order valence-electron chi connectivity index (χ4n) is 10.8. The molecule has 34 nitrogen and oxygen atoms in total. The van der Waals surface area contributed by atoms with Gasteiger partial charge in [-0.25, -0.2) is 9.80 Å². The Morgan fingerprint density at radius 3 is 1.33 bits per heavy atom. The van der Waals surface area contributed by atoms with Crippen LogP contribution in [0.5, 0.6) is 0 Å². The number of thioether (sulfide) groups is 1. The Kier molecular flexibility index (Phi) is 21.7. The molecule has 0 saturated carbocycles. The Balaban J connectivity index is 0.946. The van der Waals surface area contributed by atoms with E-state index >= 15 is 0 Å². The van der Waals surface area contributed by atoms with Gasteiger partial charge in [0.05, 0.1) is 85.4 Å². The van der Waals surface area contributed by atoms with Crippen LogP contribution in [0.2, 0.25) is 0 Å². The van der Waals surface area contributed by atoms with Crippen molar-refractivity contribution in [1.29, 1.82) is 10.5 Å². The molecule has 0 radical (unpaired) electrons. The molecule has 0 spiro atoms. The highest BCUT2D eigenvalue weighted by Gasteiger charge is 2.41. The summed E-state index contributed by atoms with van der Waals surface area (Å²) < 4.78 is 112. The van der Waals surface area contributed by atoms with Gasteiger partial charge in [0, 0.05) is 69.5 Å². The van der Waals surface area contributed by atoms with Gasteiger partial charge >= 0.3 is 0 Å². The number of nitrogens with zero attached hydrogens (tertiary/aromatic N) is 17. The van der Waals surface area contributed by atoms with E-state index < -0.39 is 80.9 Å². The Labute approximate surface area is 589 Å². The zero-order chi connectivity index (χ0) is 72.1. The maximum Gasteiger partial charge on any atom is 0.294 e. The molecule has 2 fully saturated rings. The van der Waals surface area contributed by atoms with Crippen LogP contribution in [-0.4, -0.2) is 188 Å². The highest BCUT2D eigenvalue weighted by atomic mass is 32.2. The number of thiazole rings is 2. The number of rotatable bonds is 26. The minimum Gasteiger partial charge on any atom is -0.378 e. The number of amides is 4. The van der Waals surface area contributed by atoms with Crippen LogP contribution < -0.4 is 30.2 Å². The molecule has 0 unspecified atom stereocenters. The number of ether oxygens (including phenoxy) is 2. The smallest absolute Gasteiger partial charge is 0.294 e. The number of carbonyl (C=O) groups excluding carboxylic acids is 4. The van der Waals surface area contributed by atoms with E-state index in [0.717, 1.165) is 82.2 Å². The second-order valence-electron chi connectivity index (χ2n) is 21.9. The van der Waals surface area contributed by atoms with Crippen molar-refractivity contribution in [1.82, 2.24) is 34.7 Å². The van der Waals surface area contributed by atoms with E-state index in [2.05, 4.69) is 50.9 Å². The molecule has 4 amide bonds. The SMILES string of the molecule is CCN(CC)c1ccc(/N=N/c2nc(N3CCOCC3)c(/C=C(\C#N)N3C(=O)c4ccc(S(=O)(=O)O)cc4C3=O)s2)c(Nc2nc(Nc3cc(N(CC)CC)ccc3/N=N/c3nc(N4CCOCC4)c(/C=C(\C#N)N4C(=O)c5ccc(S(=O)(=O)O)cc5C4=O)s3)nc(SCCS(=O)(=O)O)n2)c1. The summed E-state index contributed by atoms with van der Waals surface area (Å²) in [4.78, 5) is 87.0. The third-order valence-electron chi connectivity index (χ3n) is 15.8. The van der Waals surface area contributed by atoms with Crippen LogP contribution in [-0.2, 0) is 39.8 Å². The molecule has 0 aliphatic carbocycles. The molecule has 2 saturated heterocycles. The van der Waals surface area contributed by atoms with Crippen LogP contribution in [0.4, 0.5) is 67.9 Å². The van der Waals surface area contributed by atoms with Crippen LogP contribution in [0.25, 0.3) is 12.2 Å². The van der Waals surface area contributed by atoms with Gasteiger partial charge in [0.15, 0.2) is 5.16 Å². The monoisotopic (exact) mass is 1490 g/mol. The van der Waals surface area contributed by atoms with Gasteiger partial charge in [0.2, 0.25) is 22.2 Å². The van der Waals surface area contributed by atoms with Crippen LogP contribution in [0.3, 0.4) is 0 Å². The van der Waals surface area contributed by atoms with Crippen molar-refractivity contribution in [2.45, 2.75) is 42.6 Å². The average molecular weight is 1490 g/mol. The van der Waals surface area contributed by atoms with Crippen molar-refractivity contribution in [3.8, 4) is 12.1 Å². The second kappa shape index (κ2) is 30.4. The average Bonchev–Trinajstić information content (AvgIpc) is 1.62. The first kappa shape index (κ1) is 72.2. The summed E-state index contributed by atoms with van der Waals surface area (Å²) in [6.07, 6.45) is 2.58. The number of fused-ring (bicyclic) bond motifs is 2. The number of benzene rings is 4. The number of morpholine rings is 2. The minimum absolute atomic E-state index is 0.000529. The van der Waals surface area contributed by atoms with Crippen LogP contribution >= 0.6 is 34.4 Å². The molecule has 5 N–H and O–H groups in total. The zero-order valence-electron chi connectivity index (χ0n) is 53.8. The molecule has 11 rings (SSSR count). The van der Waals surface area contributed by atoms with Gasteiger partial charge < -0.3 is 39.7 Å². The standard InChI is InChI=1S/C61H59N19O15S6/c1-5-75(6-2)35-9-15-45(71-73-60-66-51(77-17-21-94-22-18-77)49(97-60)29-37(33-62)79-53(81)41-13-11-39(100(88,89)90)31-43(41)55(79)83)47(27-35)64-57-68-58(70-59(69-57)96-25-26-99(85,86)87)65-48-28-36(76(7-3)8-4)10-16-46(48)72-74-61-67-52(78-19-23-95-24-20-78)50(98-61)30-38(34-63)80-54(82)42-14-12-40(101(91,92)93)32-44(42)56(80)84/h9-16,27-32H,5-8,17-26H2,1-4H3,(H,85,86,87)(H,88,89,90)(H,91,92,93)(H2,64,65,68,69,70)/b37-29+,38-30+,73-71+,74-72+. The largest absolute Gasteiger partial charge is 0.378 e. The van der Waals surface area contributed by atoms with E-state index in [1.165, 1.54) is 12.2 Å². The van der Waals surface area contributed by atoms with Gasteiger partial charge in [-0.05, 0) is 113 Å². The summed E-state index contributed by atoms with van der Waals surface area (Å²) in [6.45, 7) is 13.0. The molecule has 101 heavy (non-hydrogen) atoms. The molecule has 7 aromatic rings. The number of hydrogen-bond donors (Lipinski definition) is 5. The second-order valence-corrected chi connectivity index (χ2v) is 29.4. The molecule has 0 atom stereocenters. The highest BCUT2D eigenvalue weighted by molar-refractivity contribution is 8.00. The molecule has 4 aliphatic heterocycles. The van der Waals surface area contributed by atoms with Gasteiger partial charge in [-0.3, -0.25) is 32.8 Å². The van der Waals surface area contributed by atoms with Crippen LogP contribution in [0.1, 0.15) is 78.9 Å². The number of allylic oxidation sites excluding steroid dienone is 2. The van der Waals surface area contributed by atoms with E-state index in [1.54, 1.807) is 24.3 Å². The fraction of sp³-hybridized carbons (Fsp3) is 0.295. The lowest BCUT2D eigenvalue weighted by Crippen LogP contribution is -2.36. The maximum absolute atomic E-state index is 13.8. The number of imide groups is 2. The molecule has 3 aromatic heterocycles. The number of nitrogens with one attached hydrogen (secondary N) is 2. The first-order valence-corrected chi connectivity index (χ1v) is 37.8. The third-order valence-corrected chi connectivity index (χ3v) is 21.1. The molecule has 4 aromatic carbocycles. The number of nitriles is 2. The summed E-state index contributed by atoms with van der Waals surface area (Å²) in [6, 6.07) is 20.2. The first-order valence-electron chi connectivity index (χ1n) is 30.7. The van der Waals surface area contributed by atoms with Crippen molar-refractivity contribution in [3.63, 3.8) is 0 Å². The lowest BCUT2D eigenvalue weighted by molar-refractivity contribution is 0.0696. The molecule has 40 heteroatoms. The number of aromatic nitrogens is 5. The van der Waals surface area contributed by atoms with E-state index in [4.69, 9.17) is 24.4 Å². The van der Waals surface area contributed by atoms with Crippen molar-refractivity contribution in [2.75, 3.05) is 121 Å². The third kappa shape index (κ3) is 16.2. The van der Waals surface area contributed by atoms with Crippen LogP contribution in [0.15, 0.2) is 120 Å². The quantitative estimate of drug-likeness (QED) is 0.0111. The van der Waals surface area contributed by atoms with Gasteiger partial charge in [0.25, 0.3) is 54.0 Å². The van der Waals surface area contributed by atoms with Gasteiger partial charge in [0.1, 0.15) is 46.5 Å². The first-order chi connectivity index (χ1) is 48.3. The number of azo groups is 2. The summed E-state index contributed by atoms with van der Waals surface area (Å²) in [5, 5.41) is 46.0. The van der Waals surface area contributed by atoms with Crippen LogP contribution in [0, 0.1) is 22.7 Å². The number of anilines is 8. The van der Waals surface area contributed by atoms with E-state index in [9.17, 15) is 68.6 Å². The highest BCUT2D eigenvalue weighted by Crippen LogP contribution is 2.42. The minimum atomic E-state index is -4.76. The number of hydrogen-bond acceptors (Lipinski definition) is 32. The predicted octanol–water partition coefficient (Wildman–Crippen LogP) is 9.26. The lowest BCUT2D eigenvalue weighted by Gasteiger charge is -2.27. The van der Waals surface area contributed by atoms with Crippen molar-refractivity contribution in [3.05, 3.63) is 116 Å². The Bertz CT molecular complexity index is 4760. The lowest BCUT2D eigenvalue weighted by atomic mass is 10.1. The Morgan fingerprint density at radius 1 is 0.564 bits per heavy atom. The van der Waals surface area contributed by atoms with Gasteiger partial charge in [-0.2, -0.15) is 60.7 Å². The van der Waals surface area contributed by atoms with Gasteiger partial charge in [-0.15, -0.1) is 20.5 Å². The summed E-state index contributed by atoms with van der Waals surface area (Å²) in [7, 11) is -14.0. The molecule has 524 valence electrons. The van der Waals surface area contributed by atoms with E-state index in [1.807, 2.05) is 61.8 Å². The maximum atomic E-state index is 13.8. The molecule has 7 heterocycles. The molecule has 0 bridgehead atoms. The molecular formula is C61H59N19O15S6. The zero-order valence-corrected chi connectivity index (χ0v) is 58.7. The summed E-state index contributed by atoms with van der Waals surface area (Å²) in [5.41, 5.74) is 0.630. The fourth-order valence-corrected chi connectivity index (χ4v) is 15.2. The summed E-state index contributed by atoms with van der Waals surface area (Å²) in [5.74, 6) is -4.19. The van der Waals surface area contributed by atoms with E-state index in [-0.39, 0.29) is 66.7 Å². The number of carbonyl (C=O) groups is 4. The normalized spacial score (nSPS) is 15.4. The van der Waals surface area contributed by atoms with Crippen molar-refractivity contribution < 1.29 is 67.6 Å². The van der Waals surface area contributed by atoms with Crippen molar-refractivity contribution in [2.24, 2.45) is 20.5 Å². The molecular weight excluding hydrogens is 1430 g/mol.